The van der Waals surface area contributed by atoms with Gasteiger partial charge < -0.3 is 20.1 Å². The molecule has 1 aliphatic carbocycles. The van der Waals surface area contributed by atoms with Crippen LogP contribution in [0.25, 0.3) is 0 Å². The van der Waals surface area contributed by atoms with Gasteiger partial charge in [0.05, 0.1) is 12.1 Å². The summed E-state index contributed by atoms with van der Waals surface area (Å²) in [5, 5.41) is 0. The lowest BCUT2D eigenvalue weighted by molar-refractivity contribution is -0.134. The van der Waals surface area contributed by atoms with Gasteiger partial charge in [0.25, 0.3) is 0 Å². The minimum Gasteiger partial charge on any atom is -0.385 e. The van der Waals surface area contributed by atoms with Gasteiger partial charge in [-0.25, -0.2) is 0 Å². The molecule has 0 aromatic carbocycles. The molecule has 0 aromatic rings. The van der Waals surface area contributed by atoms with Gasteiger partial charge in [0, 0.05) is 33.9 Å². The average Bonchev–Trinajstić information content (AvgIpc) is 3.02. The van der Waals surface area contributed by atoms with Crippen LogP contribution >= 0.6 is 0 Å². The van der Waals surface area contributed by atoms with E-state index in [0.29, 0.717) is 26.3 Å². The minimum atomic E-state index is -0.583. The van der Waals surface area contributed by atoms with E-state index in [1.54, 1.807) is 19.1 Å². The molecule has 1 aliphatic rings. The molecule has 0 aliphatic heterocycles. The number of carbonyl (C=O) groups is 1. The number of methoxy groups -OCH3 is 2. The van der Waals surface area contributed by atoms with Crippen molar-refractivity contribution in [3.63, 3.8) is 0 Å². The maximum absolute atomic E-state index is 12.0. The Morgan fingerprint density at radius 1 is 1.25 bits per heavy atom. The molecule has 0 unspecified atom stereocenters. The third-order valence-corrected chi connectivity index (χ3v) is 2.84. The second-order valence-corrected chi connectivity index (χ2v) is 4.29. The predicted octanol–water partition coefficient (Wildman–Crippen LogP) is -0.0108. The highest BCUT2D eigenvalue weighted by Crippen LogP contribution is 2.34. The minimum absolute atomic E-state index is 0.0562. The molecule has 5 heteroatoms. The van der Waals surface area contributed by atoms with Crippen LogP contribution < -0.4 is 5.73 Å². The molecule has 0 bridgehead atoms. The van der Waals surface area contributed by atoms with Gasteiger partial charge in [-0.2, -0.15) is 0 Å². The zero-order valence-corrected chi connectivity index (χ0v) is 10.2. The number of nitrogens with zero attached hydrogens (tertiary/aromatic N) is 1. The number of ether oxygens (including phenoxy) is 2. The van der Waals surface area contributed by atoms with Crippen LogP contribution in [-0.4, -0.2) is 56.9 Å². The van der Waals surface area contributed by atoms with Gasteiger partial charge in [0.15, 0.2) is 0 Å². The summed E-state index contributed by atoms with van der Waals surface area (Å²) in [5.41, 5.74) is 5.32. The van der Waals surface area contributed by atoms with Gasteiger partial charge in [-0.1, -0.05) is 0 Å². The number of nitrogens with two attached hydrogens (primary N) is 1. The van der Waals surface area contributed by atoms with E-state index in [1.165, 1.54) is 0 Å². The number of hydrogen-bond donors (Lipinski definition) is 1. The molecule has 5 nitrogen and oxygen atoms in total. The Bertz CT molecular complexity index is 229. The Labute approximate surface area is 96.9 Å². The van der Waals surface area contributed by atoms with Crippen LogP contribution in [0.15, 0.2) is 0 Å². The molecule has 0 heterocycles. The first-order valence-electron chi connectivity index (χ1n) is 5.70. The van der Waals surface area contributed by atoms with Crippen molar-refractivity contribution < 1.29 is 14.3 Å². The first kappa shape index (κ1) is 13.4. The van der Waals surface area contributed by atoms with Crippen molar-refractivity contribution in [1.82, 2.24) is 4.90 Å². The molecule has 94 valence electrons. The summed E-state index contributed by atoms with van der Waals surface area (Å²) in [6.45, 7) is 2.51. The van der Waals surface area contributed by atoms with Crippen molar-refractivity contribution in [3.05, 3.63) is 0 Å². The second-order valence-electron chi connectivity index (χ2n) is 4.29. The second kappa shape index (κ2) is 6.18. The highest BCUT2D eigenvalue weighted by Gasteiger charge is 2.47. The Morgan fingerprint density at radius 2 is 1.88 bits per heavy atom. The molecule has 0 spiro atoms. The lowest BCUT2D eigenvalue weighted by Gasteiger charge is -2.25. The van der Waals surface area contributed by atoms with Crippen molar-refractivity contribution in [3.8, 4) is 0 Å². The molecule has 2 N–H and O–H groups in total. The summed E-state index contributed by atoms with van der Waals surface area (Å²) in [7, 11) is 3.29. The fourth-order valence-electron chi connectivity index (χ4n) is 1.58. The van der Waals surface area contributed by atoms with E-state index in [0.717, 1.165) is 19.3 Å². The molecule has 16 heavy (non-hydrogen) atoms. The van der Waals surface area contributed by atoms with Gasteiger partial charge in [0.1, 0.15) is 0 Å². The number of hydrogen-bond acceptors (Lipinski definition) is 4. The zero-order chi connectivity index (χ0) is 12.0. The SMILES string of the molecule is COCCCN(CCOC)C(=O)C1(N)CC1. The summed E-state index contributed by atoms with van der Waals surface area (Å²) in [6, 6.07) is 0. The quantitative estimate of drug-likeness (QED) is 0.596. The predicted molar refractivity (Wildman–Crippen MR) is 61.1 cm³/mol. The molecular formula is C11H22N2O3. The summed E-state index contributed by atoms with van der Waals surface area (Å²) in [4.78, 5) is 13.8. The largest absolute Gasteiger partial charge is 0.385 e. The molecule has 0 saturated heterocycles. The van der Waals surface area contributed by atoms with Crippen LogP contribution in [0.2, 0.25) is 0 Å². The maximum atomic E-state index is 12.0. The van der Waals surface area contributed by atoms with Gasteiger partial charge in [-0.15, -0.1) is 0 Å². The van der Waals surface area contributed by atoms with Gasteiger partial charge in [-0.3, -0.25) is 4.79 Å². The van der Waals surface area contributed by atoms with Crippen LogP contribution in [-0.2, 0) is 14.3 Å². The Kier molecular flexibility index (Phi) is 5.18. The van der Waals surface area contributed by atoms with E-state index in [1.807, 2.05) is 0 Å². The molecule has 0 radical (unpaired) electrons. The van der Waals surface area contributed by atoms with E-state index in [9.17, 15) is 4.79 Å². The number of rotatable bonds is 8. The maximum Gasteiger partial charge on any atom is 0.242 e. The molecule has 0 atom stereocenters. The lowest BCUT2D eigenvalue weighted by Crippen LogP contribution is -2.47. The fourth-order valence-corrected chi connectivity index (χ4v) is 1.58. The highest BCUT2D eigenvalue weighted by atomic mass is 16.5. The number of carbonyl (C=O) groups excluding carboxylic acids is 1. The van der Waals surface area contributed by atoms with E-state index in [-0.39, 0.29) is 5.91 Å². The molecule has 1 saturated carbocycles. The lowest BCUT2D eigenvalue weighted by atomic mass is 10.2. The standard InChI is InChI=1S/C11H22N2O3/c1-15-8-3-6-13(7-9-16-2)10(14)11(12)4-5-11/h3-9,12H2,1-2H3. The summed E-state index contributed by atoms with van der Waals surface area (Å²) >= 11 is 0. The third kappa shape index (κ3) is 3.73. The molecule has 1 rings (SSSR count). The van der Waals surface area contributed by atoms with Crippen LogP contribution in [0.1, 0.15) is 19.3 Å². The van der Waals surface area contributed by atoms with Crippen molar-refractivity contribution in [2.75, 3.05) is 40.5 Å². The fraction of sp³-hybridized carbons (Fsp3) is 0.909. The normalized spacial score (nSPS) is 17.2. The van der Waals surface area contributed by atoms with Gasteiger partial charge in [0.2, 0.25) is 5.91 Å². The van der Waals surface area contributed by atoms with Gasteiger partial charge >= 0.3 is 0 Å². The Hall–Kier alpha value is -0.650. The van der Waals surface area contributed by atoms with E-state index in [4.69, 9.17) is 15.2 Å². The molecule has 1 fully saturated rings. The first-order valence-corrected chi connectivity index (χ1v) is 5.70. The van der Waals surface area contributed by atoms with Crippen molar-refractivity contribution in [2.45, 2.75) is 24.8 Å². The third-order valence-electron chi connectivity index (χ3n) is 2.84. The van der Waals surface area contributed by atoms with E-state index >= 15 is 0 Å². The van der Waals surface area contributed by atoms with E-state index < -0.39 is 5.54 Å². The van der Waals surface area contributed by atoms with Crippen molar-refractivity contribution in [2.24, 2.45) is 5.73 Å². The van der Waals surface area contributed by atoms with Crippen LogP contribution in [0.3, 0.4) is 0 Å². The summed E-state index contributed by atoms with van der Waals surface area (Å²) in [5.74, 6) is 0.0562. The Balaban J connectivity index is 2.39. The zero-order valence-electron chi connectivity index (χ0n) is 10.2. The highest BCUT2D eigenvalue weighted by molar-refractivity contribution is 5.89. The molecule has 1 amide bonds. The first-order chi connectivity index (χ1) is 7.64. The summed E-state index contributed by atoms with van der Waals surface area (Å²) < 4.78 is 9.97. The molecule has 0 aromatic heterocycles. The van der Waals surface area contributed by atoms with Crippen LogP contribution in [0.4, 0.5) is 0 Å². The van der Waals surface area contributed by atoms with Crippen LogP contribution in [0.5, 0.6) is 0 Å². The summed E-state index contributed by atoms with van der Waals surface area (Å²) in [6.07, 6.45) is 2.45. The number of amides is 1. The monoisotopic (exact) mass is 230 g/mol. The van der Waals surface area contributed by atoms with Crippen LogP contribution in [0, 0.1) is 0 Å². The topological polar surface area (TPSA) is 64.8 Å². The van der Waals surface area contributed by atoms with Crippen molar-refractivity contribution in [1.29, 1.82) is 0 Å². The average molecular weight is 230 g/mol. The smallest absolute Gasteiger partial charge is 0.242 e. The van der Waals surface area contributed by atoms with Gasteiger partial charge in [-0.05, 0) is 19.3 Å². The van der Waals surface area contributed by atoms with Crippen molar-refractivity contribution >= 4 is 5.91 Å². The molecular weight excluding hydrogens is 208 g/mol. The van der Waals surface area contributed by atoms with E-state index in [2.05, 4.69) is 0 Å². The Morgan fingerprint density at radius 3 is 2.38 bits per heavy atom.